The Kier molecular flexibility index (Phi) is 4.68. The van der Waals surface area contributed by atoms with Crippen molar-refractivity contribution in [3.8, 4) is 11.3 Å². The molecular weight excluding hydrogens is 384 g/mol. The van der Waals surface area contributed by atoms with Crippen molar-refractivity contribution in [2.24, 2.45) is 0 Å². The lowest BCUT2D eigenvalue weighted by molar-refractivity contribution is -0.125. The summed E-state index contributed by atoms with van der Waals surface area (Å²) in [6.07, 6.45) is -0.516. The molecule has 0 spiro atoms. The number of carbonyl (C=O) groups excluding carboxylic acids is 2. The topological polar surface area (TPSA) is 68.3 Å². The maximum absolute atomic E-state index is 12.6. The average molecular weight is 399 g/mol. The van der Waals surface area contributed by atoms with Crippen molar-refractivity contribution in [2.45, 2.75) is 19.4 Å². The number of thiazole rings is 1. The first-order valence-corrected chi connectivity index (χ1v) is 9.54. The summed E-state index contributed by atoms with van der Waals surface area (Å²) in [6, 6.07) is 14.5. The van der Waals surface area contributed by atoms with Gasteiger partial charge in [-0.2, -0.15) is 0 Å². The highest BCUT2D eigenvalue weighted by molar-refractivity contribution is 7.16. The Labute approximate surface area is 165 Å². The second kappa shape index (κ2) is 7.13. The van der Waals surface area contributed by atoms with Gasteiger partial charge in [0.2, 0.25) is 0 Å². The van der Waals surface area contributed by atoms with Crippen LogP contribution < -0.4 is 5.32 Å². The van der Waals surface area contributed by atoms with E-state index >= 15 is 0 Å². The number of rotatable bonds is 3. The van der Waals surface area contributed by atoms with E-state index in [4.69, 9.17) is 16.3 Å². The van der Waals surface area contributed by atoms with E-state index in [1.807, 2.05) is 31.2 Å². The zero-order valence-electron chi connectivity index (χ0n) is 14.4. The third-order valence-electron chi connectivity index (χ3n) is 4.33. The molecule has 1 aromatic heterocycles. The Morgan fingerprint density at radius 1 is 1.22 bits per heavy atom. The summed E-state index contributed by atoms with van der Waals surface area (Å²) in [5.41, 5.74) is 3.03. The molecule has 0 radical (unpaired) electrons. The molecule has 0 saturated carbocycles. The molecule has 27 heavy (non-hydrogen) atoms. The van der Waals surface area contributed by atoms with Gasteiger partial charge in [0.15, 0.2) is 11.2 Å². The Morgan fingerprint density at radius 3 is 2.74 bits per heavy atom. The van der Waals surface area contributed by atoms with Crippen LogP contribution in [0.3, 0.4) is 0 Å². The smallest absolute Gasteiger partial charge is 0.339 e. The summed E-state index contributed by atoms with van der Waals surface area (Å²) in [6.45, 7) is 1.94. The minimum atomic E-state index is -0.865. The van der Waals surface area contributed by atoms with Gasteiger partial charge in [-0.3, -0.25) is 10.1 Å². The lowest BCUT2D eigenvalue weighted by atomic mass is 9.98. The highest BCUT2D eigenvalue weighted by atomic mass is 35.5. The number of nitrogens with zero attached hydrogens (tertiary/aromatic N) is 1. The molecule has 1 aliphatic heterocycles. The van der Waals surface area contributed by atoms with Crippen LogP contribution in [0.2, 0.25) is 5.02 Å². The van der Waals surface area contributed by atoms with Gasteiger partial charge in [0.25, 0.3) is 5.91 Å². The van der Waals surface area contributed by atoms with E-state index in [1.165, 1.54) is 11.3 Å². The van der Waals surface area contributed by atoms with Crippen LogP contribution in [0.15, 0.2) is 48.5 Å². The highest BCUT2D eigenvalue weighted by Gasteiger charge is 2.31. The summed E-state index contributed by atoms with van der Waals surface area (Å²) in [5, 5.41) is 3.89. The minimum Gasteiger partial charge on any atom is -0.448 e. The molecule has 1 aliphatic rings. The molecular formula is C20H15ClN2O3S. The zero-order chi connectivity index (χ0) is 19.0. The number of nitrogens with one attached hydrogen (secondary N) is 1. The van der Waals surface area contributed by atoms with Gasteiger partial charge < -0.3 is 4.74 Å². The van der Waals surface area contributed by atoms with Crippen LogP contribution in [0.5, 0.6) is 0 Å². The predicted molar refractivity (Wildman–Crippen MR) is 105 cm³/mol. The lowest BCUT2D eigenvalue weighted by Gasteiger charge is -2.23. The number of anilines is 1. The summed E-state index contributed by atoms with van der Waals surface area (Å²) in [5.74, 6) is -0.858. The van der Waals surface area contributed by atoms with Crippen molar-refractivity contribution < 1.29 is 14.3 Å². The van der Waals surface area contributed by atoms with Crippen LogP contribution in [-0.2, 0) is 16.0 Å². The standard InChI is InChI=1S/C20H15ClN2O3S/c1-11-17(12-6-8-14(21)9-7-12)22-20(27-11)23-18(24)16-10-13-4-2-3-5-15(13)19(25)26-16/h2-9,16H,10H2,1H3,(H,22,23,24). The second-order valence-electron chi connectivity index (χ2n) is 6.18. The fourth-order valence-electron chi connectivity index (χ4n) is 2.99. The number of hydrogen-bond donors (Lipinski definition) is 1. The van der Waals surface area contributed by atoms with Gasteiger partial charge in [0.1, 0.15) is 0 Å². The Morgan fingerprint density at radius 2 is 1.96 bits per heavy atom. The Hall–Kier alpha value is -2.70. The van der Waals surface area contributed by atoms with E-state index in [0.29, 0.717) is 22.1 Å². The number of benzene rings is 2. The van der Waals surface area contributed by atoms with Crippen LogP contribution in [-0.4, -0.2) is 23.0 Å². The molecule has 0 bridgehead atoms. The molecule has 2 heterocycles. The normalized spacial score (nSPS) is 15.8. The molecule has 4 rings (SSSR count). The molecule has 0 aliphatic carbocycles. The fourth-order valence-corrected chi connectivity index (χ4v) is 3.95. The van der Waals surface area contributed by atoms with Crippen LogP contribution in [0.4, 0.5) is 5.13 Å². The molecule has 1 atom stereocenters. The first kappa shape index (κ1) is 17.7. The number of ether oxygens (including phenoxy) is 1. The maximum atomic E-state index is 12.6. The van der Waals surface area contributed by atoms with Crippen molar-refractivity contribution in [2.75, 3.05) is 5.32 Å². The molecule has 1 unspecified atom stereocenters. The third kappa shape index (κ3) is 3.59. The minimum absolute atomic E-state index is 0.349. The predicted octanol–water partition coefficient (Wildman–Crippen LogP) is 4.49. The fraction of sp³-hybridized carbons (Fsp3) is 0.150. The number of aromatic nitrogens is 1. The van der Waals surface area contributed by atoms with Gasteiger partial charge in [-0.1, -0.05) is 41.9 Å². The second-order valence-corrected chi connectivity index (χ2v) is 7.81. The number of halogens is 1. The van der Waals surface area contributed by atoms with E-state index in [0.717, 1.165) is 21.7 Å². The van der Waals surface area contributed by atoms with Crippen LogP contribution in [0, 0.1) is 6.92 Å². The number of cyclic esters (lactones) is 1. The van der Waals surface area contributed by atoms with Crippen molar-refractivity contribution in [3.05, 3.63) is 69.6 Å². The van der Waals surface area contributed by atoms with Crippen LogP contribution in [0.25, 0.3) is 11.3 Å². The molecule has 2 aromatic carbocycles. The molecule has 0 fully saturated rings. The summed E-state index contributed by atoms with van der Waals surface area (Å²) >= 11 is 7.31. The van der Waals surface area contributed by atoms with Gasteiger partial charge in [0, 0.05) is 21.9 Å². The van der Waals surface area contributed by atoms with E-state index in [-0.39, 0.29) is 5.91 Å². The molecule has 1 N–H and O–H groups in total. The van der Waals surface area contributed by atoms with Crippen molar-refractivity contribution in [3.63, 3.8) is 0 Å². The maximum Gasteiger partial charge on any atom is 0.339 e. The summed E-state index contributed by atoms with van der Waals surface area (Å²) < 4.78 is 5.29. The number of hydrogen-bond acceptors (Lipinski definition) is 5. The van der Waals surface area contributed by atoms with Gasteiger partial charge in [-0.15, -0.1) is 11.3 Å². The number of amides is 1. The molecule has 5 nitrogen and oxygen atoms in total. The first-order chi connectivity index (χ1) is 13.0. The van der Waals surface area contributed by atoms with E-state index < -0.39 is 12.1 Å². The van der Waals surface area contributed by atoms with E-state index in [9.17, 15) is 9.59 Å². The SMILES string of the molecule is Cc1sc(NC(=O)C2Cc3ccccc3C(=O)O2)nc1-c1ccc(Cl)cc1. The summed E-state index contributed by atoms with van der Waals surface area (Å²) in [4.78, 5) is 30.2. The molecule has 7 heteroatoms. The third-order valence-corrected chi connectivity index (χ3v) is 5.47. The summed E-state index contributed by atoms with van der Waals surface area (Å²) in [7, 11) is 0. The van der Waals surface area contributed by atoms with Crippen molar-refractivity contribution >= 4 is 39.9 Å². The average Bonchev–Trinajstić information content (AvgIpc) is 3.02. The number of fused-ring (bicyclic) bond motifs is 1. The van der Waals surface area contributed by atoms with Crippen molar-refractivity contribution in [1.29, 1.82) is 0 Å². The number of carbonyl (C=O) groups is 2. The van der Waals surface area contributed by atoms with E-state index in [2.05, 4.69) is 10.3 Å². The monoisotopic (exact) mass is 398 g/mol. The molecule has 3 aromatic rings. The zero-order valence-corrected chi connectivity index (χ0v) is 15.9. The molecule has 136 valence electrons. The van der Waals surface area contributed by atoms with Gasteiger partial charge in [0.05, 0.1) is 11.3 Å². The van der Waals surface area contributed by atoms with Gasteiger partial charge in [-0.05, 0) is 30.7 Å². The number of esters is 1. The van der Waals surface area contributed by atoms with Gasteiger partial charge >= 0.3 is 5.97 Å². The number of aryl methyl sites for hydroxylation is 1. The quantitative estimate of drug-likeness (QED) is 0.660. The Bertz CT molecular complexity index is 1030. The largest absolute Gasteiger partial charge is 0.448 e. The highest BCUT2D eigenvalue weighted by Crippen LogP contribution is 2.31. The Balaban J connectivity index is 1.52. The van der Waals surface area contributed by atoms with E-state index in [1.54, 1.807) is 24.3 Å². The van der Waals surface area contributed by atoms with Gasteiger partial charge in [-0.25, -0.2) is 9.78 Å². The first-order valence-electron chi connectivity index (χ1n) is 8.34. The molecule has 1 amide bonds. The van der Waals surface area contributed by atoms with Crippen molar-refractivity contribution in [1.82, 2.24) is 4.98 Å². The van der Waals surface area contributed by atoms with Crippen LogP contribution in [0.1, 0.15) is 20.8 Å². The molecule has 0 saturated heterocycles. The lowest BCUT2D eigenvalue weighted by Crippen LogP contribution is -2.37. The van der Waals surface area contributed by atoms with Crippen LogP contribution >= 0.6 is 22.9 Å².